The van der Waals surface area contributed by atoms with Crippen LogP contribution in [0.4, 0.5) is 36.3 Å². The zero-order chi connectivity index (χ0) is 40.3. The number of carbonyl (C=O) groups excluding carboxylic acids is 1. The molecule has 0 aliphatic carbocycles. The molecule has 4 aromatic rings. The Kier molecular flexibility index (Phi) is 12.8. The number of nitrogens with zero attached hydrogens (tertiary/aromatic N) is 4. The lowest BCUT2D eigenvalue weighted by molar-refractivity contribution is -0.137. The maximum absolute atomic E-state index is 14.1. The van der Waals surface area contributed by atoms with E-state index in [0.29, 0.717) is 47.9 Å². The molecular weight excluding hydrogens is 805 g/mol. The molecule has 2 aromatic carbocycles. The summed E-state index contributed by atoms with van der Waals surface area (Å²) in [7, 11) is -0.724. The Morgan fingerprint density at radius 2 is 1.76 bits per heavy atom. The van der Waals surface area contributed by atoms with Crippen molar-refractivity contribution < 1.29 is 41.5 Å². The lowest BCUT2D eigenvalue weighted by Crippen LogP contribution is -2.41. The van der Waals surface area contributed by atoms with Crippen LogP contribution in [0.5, 0.6) is 5.75 Å². The van der Waals surface area contributed by atoms with Crippen molar-refractivity contribution in [2.24, 2.45) is 0 Å². The number of anilines is 4. The van der Waals surface area contributed by atoms with Gasteiger partial charge in [0.05, 0.1) is 35.3 Å². The van der Waals surface area contributed by atoms with E-state index in [1.807, 2.05) is 40.8 Å². The molecule has 55 heavy (non-hydrogen) atoms. The molecule has 13 nitrogen and oxygen atoms in total. The van der Waals surface area contributed by atoms with Crippen molar-refractivity contribution in [1.82, 2.24) is 25.1 Å². The van der Waals surface area contributed by atoms with Gasteiger partial charge < -0.3 is 34.9 Å². The van der Waals surface area contributed by atoms with Crippen LogP contribution < -0.4 is 26.2 Å². The fourth-order valence-corrected chi connectivity index (χ4v) is 7.60. The summed E-state index contributed by atoms with van der Waals surface area (Å²) in [5.41, 5.74) is -0.0409. The largest absolute Gasteiger partial charge is 0.498 e. The van der Waals surface area contributed by atoms with Crippen LogP contribution >= 0.6 is 24.0 Å². The third kappa shape index (κ3) is 9.54. The van der Waals surface area contributed by atoms with Crippen molar-refractivity contribution in [3.8, 4) is 5.75 Å². The second-order valence-corrected chi connectivity index (χ2v) is 16.9. The Bertz CT molecular complexity index is 2040. The molecule has 1 amide bonds. The number of ether oxygens (including phenoxy) is 1. The fraction of sp³-hybridized carbons (Fsp3) is 0.444. The van der Waals surface area contributed by atoms with Crippen molar-refractivity contribution in [2.45, 2.75) is 89.4 Å². The zero-order valence-electron chi connectivity index (χ0n) is 31.6. The summed E-state index contributed by atoms with van der Waals surface area (Å²) in [5, 5.41) is 11.6. The third-order valence-corrected chi connectivity index (χ3v) is 12.4. The lowest BCUT2D eigenvalue weighted by Gasteiger charge is -2.32. The Labute approximate surface area is 327 Å². The quantitative estimate of drug-likeness (QED) is 0.0705. The van der Waals surface area contributed by atoms with Crippen LogP contribution in [0.25, 0.3) is 0 Å². The average Bonchev–Trinajstić information content (AvgIpc) is 3.68. The second kappa shape index (κ2) is 16.6. The number of halogens is 4. The summed E-state index contributed by atoms with van der Waals surface area (Å²) in [6.45, 7) is 10.3. The van der Waals surface area contributed by atoms with Crippen LogP contribution in [0.3, 0.4) is 0 Å². The monoisotopic (exact) mass is 849 g/mol. The Balaban J connectivity index is 1.31. The highest BCUT2D eigenvalue weighted by atomic mass is 79.9. The van der Waals surface area contributed by atoms with Crippen molar-refractivity contribution in [1.29, 1.82) is 0 Å². The van der Waals surface area contributed by atoms with Crippen LogP contribution in [0.1, 0.15) is 75.4 Å². The summed E-state index contributed by atoms with van der Waals surface area (Å²) < 4.78 is 75.4. The van der Waals surface area contributed by atoms with E-state index in [4.69, 9.17) is 14.0 Å². The number of aryl methyl sites for hydroxylation is 1. The minimum absolute atomic E-state index is 0.0948. The smallest absolute Gasteiger partial charge is 0.495 e. The SMILES string of the molecule is CCC(CCCn1cc(B2OC(C)(C)C(C)(C)O2)cn1)(Cc1ccc(Nc2ncc(C(F)(F)F)c(Nc3ccc(Br)cc3C(=O)NC)n2)c(OC)c1)[PH](=O)O. The number of benzene rings is 2. The van der Waals surface area contributed by atoms with Gasteiger partial charge in [-0.15, -0.1) is 0 Å². The van der Waals surface area contributed by atoms with Crippen LogP contribution in [-0.2, 0) is 33.0 Å². The number of hydrogen-bond acceptors (Lipinski definition) is 10. The van der Waals surface area contributed by atoms with E-state index in [1.165, 1.54) is 26.3 Å². The Morgan fingerprint density at radius 3 is 2.38 bits per heavy atom. The van der Waals surface area contributed by atoms with Crippen molar-refractivity contribution >= 4 is 65.6 Å². The first-order valence-corrected chi connectivity index (χ1v) is 19.7. The highest BCUT2D eigenvalue weighted by Crippen LogP contribution is 2.46. The first kappa shape index (κ1) is 42.2. The van der Waals surface area contributed by atoms with Crippen LogP contribution in [-0.4, -0.2) is 68.2 Å². The minimum atomic E-state index is -4.81. The number of rotatable bonds is 15. The molecule has 2 atom stereocenters. The van der Waals surface area contributed by atoms with E-state index in [0.717, 1.165) is 11.0 Å². The van der Waals surface area contributed by atoms with E-state index >= 15 is 0 Å². The van der Waals surface area contributed by atoms with Crippen molar-refractivity contribution in [3.63, 3.8) is 0 Å². The first-order chi connectivity index (χ1) is 25.8. The van der Waals surface area contributed by atoms with Gasteiger partial charge in [-0.1, -0.05) is 28.9 Å². The highest BCUT2D eigenvalue weighted by molar-refractivity contribution is 9.10. The molecule has 296 valence electrons. The van der Waals surface area contributed by atoms with Crippen LogP contribution in [0.2, 0.25) is 0 Å². The van der Waals surface area contributed by atoms with Crippen LogP contribution in [0.15, 0.2) is 59.5 Å². The van der Waals surface area contributed by atoms with Gasteiger partial charge in [0.25, 0.3) is 5.91 Å². The summed E-state index contributed by atoms with van der Waals surface area (Å²) >= 11 is 3.28. The molecule has 1 aliphatic rings. The van der Waals surface area contributed by atoms with Gasteiger partial charge in [0.15, 0.2) is 8.03 Å². The predicted octanol–water partition coefficient (Wildman–Crippen LogP) is 7.25. The number of methoxy groups -OCH3 is 1. The molecule has 0 radical (unpaired) electrons. The normalized spacial score (nSPS) is 16.7. The number of carbonyl (C=O) groups is 1. The summed E-state index contributed by atoms with van der Waals surface area (Å²) in [6.07, 6.45) is 1.17. The molecule has 0 saturated carbocycles. The molecule has 5 rings (SSSR count). The zero-order valence-corrected chi connectivity index (χ0v) is 34.2. The van der Waals surface area contributed by atoms with E-state index in [9.17, 15) is 27.4 Å². The van der Waals surface area contributed by atoms with E-state index in [-0.39, 0.29) is 23.6 Å². The highest BCUT2D eigenvalue weighted by Gasteiger charge is 2.52. The molecule has 3 heterocycles. The predicted molar refractivity (Wildman–Crippen MR) is 209 cm³/mol. The maximum atomic E-state index is 14.1. The molecule has 2 unspecified atom stereocenters. The van der Waals surface area contributed by atoms with Gasteiger partial charge >= 0.3 is 13.3 Å². The van der Waals surface area contributed by atoms with Gasteiger partial charge in [-0.2, -0.15) is 23.3 Å². The number of amides is 1. The molecule has 1 saturated heterocycles. The van der Waals surface area contributed by atoms with Gasteiger partial charge in [-0.05, 0) is 89.3 Å². The lowest BCUT2D eigenvalue weighted by atomic mass is 9.82. The van der Waals surface area contributed by atoms with Crippen molar-refractivity contribution in [3.05, 3.63) is 76.2 Å². The molecule has 4 N–H and O–H groups in total. The number of hydrogen-bond donors (Lipinski definition) is 4. The second-order valence-electron chi connectivity index (χ2n) is 14.4. The summed E-state index contributed by atoms with van der Waals surface area (Å²) in [6, 6.07) is 9.62. The van der Waals surface area contributed by atoms with E-state index in [1.54, 1.807) is 35.1 Å². The number of nitrogens with one attached hydrogen (secondary N) is 3. The first-order valence-electron chi connectivity index (χ1n) is 17.6. The number of alkyl halides is 3. The Morgan fingerprint density at radius 1 is 1.07 bits per heavy atom. The molecule has 1 fully saturated rings. The fourth-order valence-electron chi connectivity index (χ4n) is 6.19. The van der Waals surface area contributed by atoms with Gasteiger partial charge in [-0.3, -0.25) is 14.0 Å². The maximum Gasteiger partial charge on any atom is 0.498 e. The van der Waals surface area contributed by atoms with Crippen LogP contribution in [0, 0.1) is 0 Å². The summed E-state index contributed by atoms with van der Waals surface area (Å²) in [4.78, 5) is 31.2. The number of aromatic nitrogens is 4. The molecule has 0 spiro atoms. The Hall–Kier alpha value is -3.96. The third-order valence-electron chi connectivity index (χ3n) is 10.2. The van der Waals surface area contributed by atoms with Crippen molar-refractivity contribution in [2.75, 3.05) is 24.8 Å². The summed E-state index contributed by atoms with van der Waals surface area (Å²) in [5.74, 6) is -0.949. The molecule has 0 bridgehead atoms. The molecule has 1 aliphatic heterocycles. The topological polar surface area (TPSA) is 162 Å². The van der Waals surface area contributed by atoms with E-state index in [2.05, 4.69) is 46.9 Å². The minimum Gasteiger partial charge on any atom is -0.495 e. The molecule has 2 aromatic heterocycles. The van der Waals surface area contributed by atoms with Gasteiger partial charge in [0, 0.05) is 47.3 Å². The standard InChI is InChI=1S/C36H45BBrF3N7O6P/c1-8-35(55(50)51,14-9-15-48-21-23(19-44-48)37-53-33(2,3)34(4,5)54-37)18-22-10-12-28(29(16-22)52-7)46-32-43-20-26(36(39,40)41)30(47-32)45-27-13-11-24(38)17-25(27)31(49)42-6/h10-13,16-17,19-21,55H,8-9,14-15,18H2,1-7H3,(H,42,49)(H,50,51)(H2,43,45,46,47). The van der Waals surface area contributed by atoms with E-state index < -0.39 is 55.0 Å². The van der Waals surface area contributed by atoms with Gasteiger partial charge in [-0.25, -0.2) is 4.98 Å². The van der Waals surface area contributed by atoms with Gasteiger partial charge in [0.2, 0.25) is 5.95 Å². The molecule has 19 heteroatoms. The molecular formula is C36H45BBrF3N7O6P. The average molecular weight is 850 g/mol. The van der Waals surface area contributed by atoms with Gasteiger partial charge in [0.1, 0.15) is 17.1 Å².